The van der Waals surface area contributed by atoms with Crippen LogP contribution in [-0.2, 0) is 11.5 Å². The minimum atomic E-state index is -0.413. The standard InChI is InChI=1S/C18H16Cl2N4OS2/c1-11-3-2-4-12(7-11)9-26-10-16-23-24-18(27-16)22-17(25)21-13-5-6-14(19)15(20)8-13/h2-8H,9-10H2,1H3,(H2,21,22,24,25). The Morgan fingerprint density at radius 3 is 2.70 bits per heavy atom. The first kappa shape index (κ1) is 19.9. The summed E-state index contributed by atoms with van der Waals surface area (Å²) in [6.45, 7) is 2.08. The lowest BCUT2D eigenvalue weighted by Gasteiger charge is -2.06. The van der Waals surface area contributed by atoms with Gasteiger partial charge in [-0.05, 0) is 30.7 Å². The maximum Gasteiger partial charge on any atom is 0.325 e. The Hall–Kier alpha value is -1.80. The lowest BCUT2D eigenvalue weighted by Crippen LogP contribution is -2.19. The van der Waals surface area contributed by atoms with Gasteiger partial charge in [-0.2, -0.15) is 0 Å². The molecule has 0 aliphatic rings. The van der Waals surface area contributed by atoms with Crippen LogP contribution >= 0.6 is 46.3 Å². The van der Waals surface area contributed by atoms with Crippen molar-refractivity contribution in [1.29, 1.82) is 0 Å². The Kier molecular flexibility index (Phi) is 6.95. The van der Waals surface area contributed by atoms with Gasteiger partial charge in [0.15, 0.2) is 0 Å². The highest BCUT2D eigenvalue weighted by molar-refractivity contribution is 7.97. The first-order chi connectivity index (χ1) is 13.0. The highest BCUT2D eigenvalue weighted by atomic mass is 35.5. The monoisotopic (exact) mass is 438 g/mol. The van der Waals surface area contributed by atoms with E-state index in [0.717, 1.165) is 16.5 Å². The number of thioether (sulfide) groups is 1. The second kappa shape index (κ2) is 9.41. The first-order valence-electron chi connectivity index (χ1n) is 7.98. The van der Waals surface area contributed by atoms with Crippen molar-refractivity contribution >= 4 is 63.2 Å². The van der Waals surface area contributed by atoms with Crippen molar-refractivity contribution in [2.24, 2.45) is 0 Å². The van der Waals surface area contributed by atoms with Crippen LogP contribution in [0.3, 0.4) is 0 Å². The summed E-state index contributed by atoms with van der Waals surface area (Å²) in [6, 6.07) is 12.9. The summed E-state index contributed by atoms with van der Waals surface area (Å²) in [5.74, 6) is 1.64. The Labute approximate surface area is 175 Å². The van der Waals surface area contributed by atoms with Crippen LogP contribution < -0.4 is 10.6 Å². The summed E-state index contributed by atoms with van der Waals surface area (Å²) >= 11 is 14.9. The molecule has 0 atom stereocenters. The van der Waals surface area contributed by atoms with Crippen molar-refractivity contribution in [2.45, 2.75) is 18.4 Å². The van der Waals surface area contributed by atoms with E-state index in [9.17, 15) is 4.79 Å². The Morgan fingerprint density at radius 2 is 1.93 bits per heavy atom. The summed E-state index contributed by atoms with van der Waals surface area (Å²) < 4.78 is 0. The predicted molar refractivity (Wildman–Crippen MR) is 115 cm³/mol. The van der Waals surface area contributed by atoms with Gasteiger partial charge in [0.2, 0.25) is 5.13 Å². The van der Waals surface area contributed by atoms with Gasteiger partial charge in [0.25, 0.3) is 0 Å². The molecule has 9 heteroatoms. The number of benzene rings is 2. The molecule has 0 fully saturated rings. The van der Waals surface area contributed by atoms with Crippen molar-refractivity contribution in [1.82, 2.24) is 10.2 Å². The average molecular weight is 439 g/mol. The number of anilines is 2. The fourth-order valence-electron chi connectivity index (χ4n) is 2.25. The number of aryl methyl sites for hydroxylation is 1. The molecule has 0 aliphatic heterocycles. The summed E-state index contributed by atoms with van der Waals surface area (Å²) in [7, 11) is 0. The SMILES string of the molecule is Cc1cccc(CSCc2nnc(NC(=O)Nc3ccc(Cl)c(Cl)c3)s2)c1. The average Bonchev–Trinajstić information content (AvgIpc) is 3.05. The van der Waals surface area contributed by atoms with Crippen molar-refractivity contribution in [3.05, 3.63) is 68.6 Å². The van der Waals surface area contributed by atoms with E-state index in [0.29, 0.717) is 20.9 Å². The number of carbonyl (C=O) groups is 1. The molecule has 140 valence electrons. The number of nitrogens with zero attached hydrogens (tertiary/aromatic N) is 2. The molecular formula is C18H16Cl2N4OS2. The maximum atomic E-state index is 12.1. The van der Waals surface area contributed by atoms with Crippen molar-refractivity contribution in [2.75, 3.05) is 10.6 Å². The predicted octanol–water partition coefficient (Wildman–Crippen LogP) is 6.23. The minimum Gasteiger partial charge on any atom is -0.308 e. The molecule has 1 heterocycles. The van der Waals surface area contributed by atoms with Gasteiger partial charge >= 0.3 is 6.03 Å². The number of amides is 2. The Bertz CT molecular complexity index is 949. The molecule has 3 aromatic rings. The molecule has 27 heavy (non-hydrogen) atoms. The van der Waals surface area contributed by atoms with E-state index in [4.69, 9.17) is 23.2 Å². The number of hydrogen-bond donors (Lipinski definition) is 2. The summed E-state index contributed by atoms with van der Waals surface area (Å²) in [6.07, 6.45) is 0. The van der Waals surface area contributed by atoms with E-state index < -0.39 is 6.03 Å². The quantitative estimate of drug-likeness (QED) is 0.478. The molecule has 2 amide bonds. The van der Waals surface area contributed by atoms with Gasteiger partial charge in [-0.1, -0.05) is 64.4 Å². The van der Waals surface area contributed by atoms with E-state index in [-0.39, 0.29) is 0 Å². The van der Waals surface area contributed by atoms with Crippen LogP contribution in [0, 0.1) is 6.92 Å². The topological polar surface area (TPSA) is 66.9 Å². The third-order valence-corrected chi connectivity index (χ3v) is 6.22. The molecule has 0 unspecified atom stereocenters. The van der Waals surface area contributed by atoms with Crippen LogP contribution in [-0.4, -0.2) is 16.2 Å². The Morgan fingerprint density at radius 1 is 1.07 bits per heavy atom. The fourth-order valence-corrected chi connectivity index (χ4v) is 4.32. The molecule has 0 bridgehead atoms. The molecule has 2 N–H and O–H groups in total. The molecule has 0 saturated heterocycles. The summed E-state index contributed by atoms with van der Waals surface area (Å²) in [5.41, 5.74) is 3.08. The molecule has 0 aliphatic carbocycles. The normalized spacial score (nSPS) is 10.6. The molecule has 0 radical (unpaired) electrons. The number of rotatable bonds is 6. The van der Waals surface area contributed by atoms with Crippen molar-refractivity contribution < 1.29 is 4.79 Å². The molecular weight excluding hydrogens is 423 g/mol. The van der Waals surface area contributed by atoms with Gasteiger partial charge < -0.3 is 5.32 Å². The fraction of sp³-hybridized carbons (Fsp3) is 0.167. The van der Waals surface area contributed by atoms with Crippen LogP contribution in [0.1, 0.15) is 16.1 Å². The van der Waals surface area contributed by atoms with E-state index in [1.54, 1.807) is 30.0 Å². The first-order valence-corrected chi connectivity index (χ1v) is 10.7. The van der Waals surface area contributed by atoms with Crippen LogP contribution in [0.15, 0.2) is 42.5 Å². The van der Waals surface area contributed by atoms with Crippen LogP contribution in [0.2, 0.25) is 10.0 Å². The summed E-state index contributed by atoms with van der Waals surface area (Å²) in [5, 5.41) is 15.6. The number of nitrogens with one attached hydrogen (secondary N) is 2. The van der Waals surface area contributed by atoms with Gasteiger partial charge in [-0.3, -0.25) is 5.32 Å². The smallest absolute Gasteiger partial charge is 0.308 e. The van der Waals surface area contributed by atoms with E-state index >= 15 is 0 Å². The van der Waals surface area contributed by atoms with Crippen LogP contribution in [0.4, 0.5) is 15.6 Å². The lowest BCUT2D eigenvalue weighted by atomic mass is 10.2. The van der Waals surface area contributed by atoms with Gasteiger partial charge in [0.05, 0.1) is 10.0 Å². The number of carbonyl (C=O) groups excluding carboxylic acids is 1. The van der Waals surface area contributed by atoms with E-state index in [1.807, 2.05) is 0 Å². The number of halogens is 2. The zero-order valence-electron chi connectivity index (χ0n) is 14.3. The van der Waals surface area contributed by atoms with Crippen LogP contribution in [0.25, 0.3) is 0 Å². The second-order valence-corrected chi connectivity index (χ2v) is 8.55. The molecule has 5 nitrogen and oxygen atoms in total. The third kappa shape index (κ3) is 6.10. The highest BCUT2D eigenvalue weighted by Crippen LogP contribution is 2.26. The largest absolute Gasteiger partial charge is 0.325 e. The van der Waals surface area contributed by atoms with Crippen LogP contribution in [0.5, 0.6) is 0 Å². The zero-order valence-corrected chi connectivity index (χ0v) is 17.5. The molecule has 0 saturated carbocycles. The van der Waals surface area contributed by atoms with E-state index in [2.05, 4.69) is 52.0 Å². The van der Waals surface area contributed by atoms with Gasteiger partial charge in [-0.25, -0.2) is 4.79 Å². The van der Waals surface area contributed by atoms with Gasteiger partial charge in [-0.15, -0.1) is 22.0 Å². The van der Waals surface area contributed by atoms with Gasteiger partial charge in [0.1, 0.15) is 5.01 Å². The van der Waals surface area contributed by atoms with Gasteiger partial charge in [0, 0.05) is 17.2 Å². The highest BCUT2D eigenvalue weighted by Gasteiger charge is 2.09. The zero-order chi connectivity index (χ0) is 19.2. The minimum absolute atomic E-state index is 0.373. The maximum absolute atomic E-state index is 12.1. The molecule has 1 aromatic heterocycles. The Balaban J connectivity index is 1.48. The number of aromatic nitrogens is 2. The molecule has 3 rings (SSSR count). The van der Waals surface area contributed by atoms with Crippen molar-refractivity contribution in [3.63, 3.8) is 0 Å². The molecule has 2 aromatic carbocycles. The molecule has 0 spiro atoms. The summed E-state index contributed by atoms with van der Waals surface area (Å²) in [4.78, 5) is 12.1. The number of hydrogen-bond acceptors (Lipinski definition) is 5. The van der Waals surface area contributed by atoms with E-state index in [1.165, 1.54) is 22.5 Å². The van der Waals surface area contributed by atoms with Crippen molar-refractivity contribution in [3.8, 4) is 0 Å². The second-order valence-electron chi connectivity index (χ2n) is 5.69. The number of urea groups is 1. The third-order valence-electron chi connectivity index (χ3n) is 3.44. The lowest BCUT2D eigenvalue weighted by molar-refractivity contribution is 0.262.